The van der Waals surface area contributed by atoms with Crippen LogP contribution in [0, 0.1) is 5.92 Å². The highest BCUT2D eigenvalue weighted by atomic mass is 16.5. The van der Waals surface area contributed by atoms with Gasteiger partial charge in [-0.3, -0.25) is 4.90 Å². The Balaban J connectivity index is 2.27. The second-order valence-electron chi connectivity index (χ2n) is 5.87. The molecule has 1 saturated heterocycles. The predicted molar refractivity (Wildman–Crippen MR) is 80.7 cm³/mol. The Kier molecular flexibility index (Phi) is 5.02. The third kappa shape index (κ3) is 3.14. The fraction of sp³-hybridized carbons (Fsp3) is 0.625. The first kappa shape index (κ1) is 15.3. The maximum Gasteiger partial charge on any atom is 0.123 e. The van der Waals surface area contributed by atoms with E-state index in [2.05, 4.69) is 17.9 Å². The minimum Gasteiger partial charge on any atom is -0.496 e. The van der Waals surface area contributed by atoms with E-state index in [4.69, 9.17) is 10.5 Å². The molecule has 1 aliphatic heterocycles. The zero-order valence-electron chi connectivity index (χ0n) is 12.6. The van der Waals surface area contributed by atoms with Crippen LogP contribution in [-0.4, -0.2) is 42.4 Å². The summed E-state index contributed by atoms with van der Waals surface area (Å²) in [5, 5.41) is 10.1. The van der Waals surface area contributed by atoms with Crippen LogP contribution >= 0.6 is 0 Å². The van der Waals surface area contributed by atoms with E-state index in [1.165, 1.54) is 0 Å². The van der Waals surface area contributed by atoms with E-state index < -0.39 is 0 Å². The van der Waals surface area contributed by atoms with E-state index >= 15 is 0 Å². The van der Waals surface area contributed by atoms with Gasteiger partial charge in [-0.2, -0.15) is 0 Å². The summed E-state index contributed by atoms with van der Waals surface area (Å²) in [6.07, 6.45) is 0.721. The molecule has 4 nitrogen and oxygen atoms in total. The Morgan fingerprint density at radius 3 is 2.70 bits per heavy atom. The van der Waals surface area contributed by atoms with Crippen LogP contribution in [0.25, 0.3) is 0 Å². The topological polar surface area (TPSA) is 58.7 Å². The van der Waals surface area contributed by atoms with Gasteiger partial charge in [0.05, 0.1) is 19.3 Å². The summed E-state index contributed by atoms with van der Waals surface area (Å²) >= 11 is 0. The molecular formula is C16H26N2O2. The highest BCUT2D eigenvalue weighted by Crippen LogP contribution is 2.33. The molecule has 1 heterocycles. The molecule has 0 aromatic heterocycles. The van der Waals surface area contributed by atoms with Gasteiger partial charge in [-0.25, -0.2) is 0 Å². The summed E-state index contributed by atoms with van der Waals surface area (Å²) in [5.74, 6) is 1.22. The van der Waals surface area contributed by atoms with Gasteiger partial charge in [0.25, 0.3) is 0 Å². The van der Waals surface area contributed by atoms with E-state index in [-0.39, 0.29) is 18.2 Å². The van der Waals surface area contributed by atoms with Gasteiger partial charge in [0.2, 0.25) is 0 Å². The summed E-state index contributed by atoms with van der Waals surface area (Å²) in [5.41, 5.74) is 7.33. The van der Waals surface area contributed by atoms with Gasteiger partial charge < -0.3 is 15.6 Å². The van der Waals surface area contributed by atoms with E-state index in [0.29, 0.717) is 12.5 Å². The van der Waals surface area contributed by atoms with Crippen molar-refractivity contribution >= 4 is 0 Å². The van der Waals surface area contributed by atoms with Crippen molar-refractivity contribution in [2.75, 3.05) is 20.2 Å². The van der Waals surface area contributed by atoms with Crippen LogP contribution in [0.2, 0.25) is 0 Å². The molecule has 0 aliphatic carbocycles. The molecule has 20 heavy (non-hydrogen) atoms. The lowest BCUT2D eigenvalue weighted by Gasteiger charge is -2.41. The average Bonchev–Trinajstić information content (AvgIpc) is 2.43. The molecule has 0 radical (unpaired) electrons. The van der Waals surface area contributed by atoms with Crippen molar-refractivity contribution in [1.82, 2.24) is 4.90 Å². The van der Waals surface area contributed by atoms with Crippen LogP contribution in [0.3, 0.4) is 0 Å². The van der Waals surface area contributed by atoms with Crippen molar-refractivity contribution in [2.24, 2.45) is 11.7 Å². The minimum absolute atomic E-state index is 0.0214. The number of hydrogen-bond acceptors (Lipinski definition) is 4. The molecule has 0 saturated carbocycles. The average molecular weight is 278 g/mol. The van der Waals surface area contributed by atoms with Crippen molar-refractivity contribution < 1.29 is 9.84 Å². The molecule has 112 valence electrons. The van der Waals surface area contributed by atoms with Crippen molar-refractivity contribution in [3.05, 3.63) is 29.8 Å². The van der Waals surface area contributed by atoms with Crippen molar-refractivity contribution in [1.29, 1.82) is 0 Å². The Bertz CT molecular complexity index is 436. The maximum atomic E-state index is 10.1. The molecule has 0 amide bonds. The summed E-state index contributed by atoms with van der Waals surface area (Å²) in [6, 6.07) is 8.06. The van der Waals surface area contributed by atoms with E-state index in [1.54, 1.807) is 7.11 Å². The number of nitrogens with two attached hydrogens (primary N) is 1. The third-order valence-corrected chi connectivity index (χ3v) is 4.30. The number of aliphatic hydroxyl groups is 1. The largest absolute Gasteiger partial charge is 0.496 e. The molecule has 1 aromatic carbocycles. The molecule has 4 unspecified atom stereocenters. The molecule has 1 aromatic rings. The fourth-order valence-electron chi connectivity index (χ4n) is 3.05. The number of likely N-dealkylation sites (tertiary alicyclic amines) is 1. The summed E-state index contributed by atoms with van der Waals surface area (Å²) < 4.78 is 5.47. The molecule has 4 atom stereocenters. The molecule has 1 aliphatic rings. The van der Waals surface area contributed by atoms with Crippen LogP contribution in [0.4, 0.5) is 0 Å². The lowest BCUT2D eigenvalue weighted by Crippen LogP contribution is -2.48. The van der Waals surface area contributed by atoms with Gasteiger partial charge >= 0.3 is 0 Å². The Morgan fingerprint density at radius 1 is 1.40 bits per heavy atom. The first-order chi connectivity index (χ1) is 9.54. The third-order valence-electron chi connectivity index (χ3n) is 4.30. The van der Waals surface area contributed by atoms with Crippen LogP contribution in [-0.2, 0) is 0 Å². The number of ether oxygens (including phenoxy) is 1. The molecule has 2 rings (SSSR count). The molecule has 0 spiro atoms. The number of nitrogens with zero attached hydrogens (tertiary/aromatic N) is 1. The van der Waals surface area contributed by atoms with Crippen molar-refractivity contribution in [3.8, 4) is 5.75 Å². The number of rotatable bonds is 4. The van der Waals surface area contributed by atoms with E-state index in [1.807, 2.05) is 25.1 Å². The van der Waals surface area contributed by atoms with Gasteiger partial charge in [-0.05, 0) is 31.9 Å². The highest BCUT2D eigenvalue weighted by molar-refractivity contribution is 5.36. The standard InChI is InChI=1S/C16H26N2O2/c1-11-8-9-18(10-14(11)19)16(12(2)17)13-6-4-5-7-15(13)20-3/h4-7,11-12,14,16,19H,8-10,17H2,1-3H3. The monoisotopic (exact) mass is 278 g/mol. The highest BCUT2D eigenvalue weighted by Gasteiger charge is 2.32. The van der Waals surface area contributed by atoms with E-state index in [9.17, 15) is 5.11 Å². The molecule has 1 fully saturated rings. The molecule has 4 heteroatoms. The number of methoxy groups -OCH3 is 1. The van der Waals surface area contributed by atoms with Crippen LogP contribution in [0.1, 0.15) is 31.9 Å². The van der Waals surface area contributed by atoms with Crippen LogP contribution < -0.4 is 10.5 Å². The zero-order valence-corrected chi connectivity index (χ0v) is 12.6. The predicted octanol–water partition coefficient (Wildman–Crippen LogP) is 1.79. The summed E-state index contributed by atoms with van der Waals surface area (Å²) in [4.78, 5) is 2.28. The lowest BCUT2D eigenvalue weighted by atomic mass is 9.91. The molecule has 0 bridgehead atoms. The Morgan fingerprint density at radius 2 is 2.10 bits per heavy atom. The maximum absolute atomic E-state index is 10.1. The van der Waals surface area contributed by atoms with Crippen molar-refractivity contribution in [2.45, 2.75) is 38.5 Å². The molecular weight excluding hydrogens is 252 g/mol. The van der Waals surface area contributed by atoms with Gasteiger partial charge in [0.15, 0.2) is 0 Å². The fourth-order valence-corrected chi connectivity index (χ4v) is 3.05. The zero-order chi connectivity index (χ0) is 14.7. The Hall–Kier alpha value is -1.10. The quantitative estimate of drug-likeness (QED) is 0.881. The number of aliphatic hydroxyl groups excluding tert-OH is 1. The number of benzene rings is 1. The number of para-hydroxylation sites is 1. The normalized spacial score (nSPS) is 27.1. The smallest absolute Gasteiger partial charge is 0.123 e. The SMILES string of the molecule is COc1ccccc1C(C(C)N)N1CCC(C)C(O)C1. The number of piperidine rings is 1. The van der Waals surface area contributed by atoms with Crippen LogP contribution in [0.15, 0.2) is 24.3 Å². The van der Waals surface area contributed by atoms with Crippen molar-refractivity contribution in [3.63, 3.8) is 0 Å². The van der Waals surface area contributed by atoms with Gasteiger partial charge in [-0.15, -0.1) is 0 Å². The van der Waals surface area contributed by atoms with E-state index in [0.717, 1.165) is 24.3 Å². The van der Waals surface area contributed by atoms with Gasteiger partial charge in [-0.1, -0.05) is 25.1 Å². The second-order valence-corrected chi connectivity index (χ2v) is 5.87. The first-order valence-corrected chi connectivity index (χ1v) is 7.35. The van der Waals surface area contributed by atoms with Gasteiger partial charge in [0.1, 0.15) is 5.75 Å². The Labute approximate surface area is 121 Å². The van der Waals surface area contributed by atoms with Crippen LogP contribution in [0.5, 0.6) is 5.75 Å². The summed E-state index contributed by atoms with van der Waals surface area (Å²) in [7, 11) is 1.68. The number of β-amino-alcohol motifs (C(OH)–C–C–N with tert-alkyl or cyclic N) is 1. The minimum atomic E-state index is -0.278. The first-order valence-electron chi connectivity index (χ1n) is 7.35. The number of hydrogen-bond donors (Lipinski definition) is 2. The van der Waals surface area contributed by atoms with Gasteiger partial charge in [0, 0.05) is 18.2 Å². The second kappa shape index (κ2) is 6.57. The summed E-state index contributed by atoms with van der Waals surface area (Å²) in [6.45, 7) is 5.75. The lowest BCUT2D eigenvalue weighted by molar-refractivity contribution is 0.00495. The molecule has 3 N–H and O–H groups in total.